The predicted octanol–water partition coefficient (Wildman–Crippen LogP) is 4.37. The van der Waals surface area contributed by atoms with Gasteiger partial charge in [-0.05, 0) is 87.9 Å². The van der Waals surface area contributed by atoms with Gasteiger partial charge in [0.25, 0.3) is 0 Å². The molecule has 1 N–H and O–H groups in total. The third-order valence-electron chi connectivity index (χ3n) is 7.89. The van der Waals surface area contributed by atoms with Gasteiger partial charge < -0.3 is 9.84 Å². The summed E-state index contributed by atoms with van der Waals surface area (Å²) in [5, 5.41) is 7.36. The minimum Gasteiger partial charge on any atom is -0.361 e. The van der Waals surface area contributed by atoms with Crippen LogP contribution in [0.1, 0.15) is 79.0 Å². The van der Waals surface area contributed by atoms with Crippen LogP contribution in [0.5, 0.6) is 0 Å². The summed E-state index contributed by atoms with van der Waals surface area (Å²) >= 11 is 0. The lowest BCUT2D eigenvalue weighted by Gasteiger charge is -2.40. The van der Waals surface area contributed by atoms with Gasteiger partial charge in [0.1, 0.15) is 5.76 Å². The smallest absolute Gasteiger partial charge is 0.220 e. The number of amides is 1. The normalized spacial score (nSPS) is 23.3. The Balaban J connectivity index is 1.27. The number of hydrogen-bond acceptors (Lipinski definition) is 4. The zero-order valence-electron chi connectivity index (χ0n) is 18.2. The van der Waals surface area contributed by atoms with Crippen LogP contribution in [-0.4, -0.2) is 35.1 Å². The summed E-state index contributed by atoms with van der Waals surface area (Å²) in [5.74, 6) is 1.54. The van der Waals surface area contributed by atoms with Crippen LogP contribution < -0.4 is 5.32 Å². The minimum atomic E-state index is 0.229. The maximum Gasteiger partial charge on any atom is 0.220 e. The molecule has 2 aromatic rings. The molecule has 5 heteroatoms. The van der Waals surface area contributed by atoms with Crippen molar-refractivity contribution in [2.24, 2.45) is 0 Å². The van der Waals surface area contributed by atoms with E-state index in [1.165, 1.54) is 23.1 Å². The van der Waals surface area contributed by atoms with E-state index in [1.807, 2.05) is 13.8 Å². The van der Waals surface area contributed by atoms with Crippen molar-refractivity contribution in [1.82, 2.24) is 15.4 Å². The fourth-order valence-electron chi connectivity index (χ4n) is 5.84. The molecule has 5 nitrogen and oxygen atoms in total. The molecule has 30 heavy (non-hydrogen) atoms. The topological polar surface area (TPSA) is 58.4 Å². The Morgan fingerprint density at radius 1 is 1.23 bits per heavy atom. The van der Waals surface area contributed by atoms with Gasteiger partial charge in [0.05, 0.1) is 5.69 Å². The first-order valence-electron chi connectivity index (χ1n) is 11.6. The number of piperidine rings is 1. The molecule has 1 saturated carbocycles. The van der Waals surface area contributed by atoms with Gasteiger partial charge in [0, 0.05) is 24.6 Å². The second-order valence-corrected chi connectivity index (χ2v) is 9.75. The van der Waals surface area contributed by atoms with Crippen molar-refractivity contribution < 1.29 is 9.32 Å². The fourth-order valence-corrected chi connectivity index (χ4v) is 5.84. The number of benzene rings is 1. The van der Waals surface area contributed by atoms with Crippen LogP contribution in [-0.2, 0) is 16.8 Å². The first-order chi connectivity index (χ1) is 14.5. The Bertz CT molecular complexity index is 903. The van der Waals surface area contributed by atoms with Crippen LogP contribution in [0.25, 0.3) is 0 Å². The first kappa shape index (κ1) is 19.8. The van der Waals surface area contributed by atoms with E-state index in [2.05, 4.69) is 39.6 Å². The average molecular weight is 408 g/mol. The van der Waals surface area contributed by atoms with Gasteiger partial charge >= 0.3 is 0 Å². The number of carbonyl (C=O) groups is 1. The van der Waals surface area contributed by atoms with Crippen molar-refractivity contribution in [1.29, 1.82) is 0 Å². The zero-order valence-corrected chi connectivity index (χ0v) is 18.2. The van der Waals surface area contributed by atoms with E-state index in [0.29, 0.717) is 18.4 Å². The summed E-state index contributed by atoms with van der Waals surface area (Å²) in [5.41, 5.74) is 5.40. The molecule has 2 aliphatic carbocycles. The van der Waals surface area contributed by atoms with Crippen molar-refractivity contribution in [2.45, 2.75) is 82.7 Å². The molecule has 0 radical (unpaired) electrons. The molecule has 1 aromatic carbocycles. The maximum absolute atomic E-state index is 12.6. The van der Waals surface area contributed by atoms with Crippen molar-refractivity contribution in [3.63, 3.8) is 0 Å². The van der Waals surface area contributed by atoms with Crippen LogP contribution >= 0.6 is 0 Å². The number of hydrogen-bond donors (Lipinski definition) is 1. The molecule has 1 spiro atoms. The van der Waals surface area contributed by atoms with Gasteiger partial charge in [-0.2, -0.15) is 0 Å². The molecule has 1 saturated heterocycles. The molecule has 1 aromatic heterocycles. The highest BCUT2D eigenvalue weighted by Crippen LogP contribution is 2.52. The second kappa shape index (κ2) is 7.84. The lowest BCUT2D eigenvalue weighted by Crippen LogP contribution is -2.41. The summed E-state index contributed by atoms with van der Waals surface area (Å²) in [4.78, 5) is 15.2. The van der Waals surface area contributed by atoms with Crippen LogP contribution in [0.4, 0.5) is 0 Å². The highest BCUT2D eigenvalue weighted by atomic mass is 16.5. The molecule has 2 fully saturated rings. The summed E-state index contributed by atoms with van der Waals surface area (Å²) in [6.45, 7) is 7.13. The Kier molecular flexibility index (Phi) is 5.18. The maximum atomic E-state index is 12.6. The van der Waals surface area contributed by atoms with E-state index in [-0.39, 0.29) is 11.3 Å². The number of rotatable bonds is 5. The van der Waals surface area contributed by atoms with E-state index >= 15 is 0 Å². The molecular weight excluding hydrogens is 374 g/mol. The zero-order chi connectivity index (χ0) is 20.7. The largest absolute Gasteiger partial charge is 0.361 e. The third kappa shape index (κ3) is 3.58. The molecule has 160 valence electrons. The highest BCUT2D eigenvalue weighted by Gasteiger charge is 2.45. The monoisotopic (exact) mass is 407 g/mol. The second-order valence-electron chi connectivity index (χ2n) is 9.75. The predicted molar refractivity (Wildman–Crippen MR) is 116 cm³/mol. The summed E-state index contributed by atoms with van der Waals surface area (Å²) < 4.78 is 5.35. The number of carbonyl (C=O) groups excluding carboxylic acids is 1. The highest BCUT2D eigenvalue weighted by molar-refractivity contribution is 5.77. The number of aromatic nitrogens is 1. The third-order valence-corrected chi connectivity index (χ3v) is 7.89. The summed E-state index contributed by atoms with van der Waals surface area (Å²) in [6, 6.07) is 9.33. The van der Waals surface area contributed by atoms with Crippen LogP contribution in [0.15, 0.2) is 28.8 Å². The SMILES string of the molecule is Cc1noc(C)c1CN1CCC2(CC1)C[C@@H](CC(=O)NC1CCC1)c1ccccc12. The van der Waals surface area contributed by atoms with Crippen molar-refractivity contribution in [2.75, 3.05) is 13.1 Å². The molecule has 3 aliphatic rings. The van der Waals surface area contributed by atoms with Gasteiger partial charge in [-0.1, -0.05) is 29.4 Å². The number of aryl methyl sites for hydroxylation is 2. The number of likely N-dealkylation sites (tertiary alicyclic amines) is 1. The summed E-state index contributed by atoms with van der Waals surface area (Å²) in [6.07, 6.45) is 7.63. The number of nitrogens with one attached hydrogen (secondary N) is 1. The fraction of sp³-hybridized carbons (Fsp3) is 0.600. The molecule has 1 aliphatic heterocycles. The lowest BCUT2D eigenvalue weighted by atomic mass is 9.73. The van der Waals surface area contributed by atoms with Gasteiger partial charge in [-0.25, -0.2) is 0 Å². The lowest BCUT2D eigenvalue weighted by molar-refractivity contribution is -0.122. The van der Waals surface area contributed by atoms with Crippen LogP contribution in [0.3, 0.4) is 0 Å². The van der Waals surface area contributed by atoms with Crippen LogP contribution in [0.2, 0.25) is 0 Å². The van der Waals surface area contributed by atoms with Crippen molar-refractivity contribution in [3.8, 4) is 0 Å². The minimum absolute atomic E-state index is 0.229. The van der Waals surface area contributed by atoms with Crippen molar-refractivity contribution in [3.05, 3.63) is 52.4 Å². The van der Waals surface area contributed by atoms with Gasteiger partial charge in [0.2, 0.25) is 5.91 Å². The van der Waals surface area contributed by atoms with Gasteiger partial charge in [-0.3, -0.25) is 9.69 Å². The first-order valence-corrected chi connectivity index (χ1v) is 11.6. The van der Waals surface area contributed by atoms with E-state index in [4.69, 9.17) is 4.52 Å². The Labute approximate surface area is 179 Å². The molecule has 2 heterocycles. The van der Waals surface area contributed by atoms with E-state index in [9.17, 15) is 4.79 Å². The molecule has 0 bridgehead atoms. The Morgan fingerprint density at radius 2 is 2.00 bits per heavy atom. The van der Waals surface area contributed by atoms with E-state index < -0.39 is 0 Å². The van der Waals surface area contributed by atoms with E-state index in [0.717, 1.165) is 63.2 Å². The number of fused-ring (bicyclic) bond motifs is 2. The standard InChI is InChI=1S/C25H33N3O2/c1-17-22(18(2)30-27-17)16-28-12-10-25(11-13-28)15-19(21-8-3-4-9-23(21)25)14-24(29)26-20-6-5-7-20/h3-4,8-9,19-20H,5-7,10-16H2,1-2H3,(H,26,29)/t19-/m1/s1. The van der Waals surface area contributed by atoms with Crippen molar-refractivity contribution >= 4 is 5.91 Å². The van der Waals surface area contributed by atoms with Gasteiger partial charge in [-0.15, -0.1) is 0 Å². The summed E-state index contributed by atoms with van der Waals surface area (Å²) in [7, 11) is 0. The molecular formula is C25H33N3O2. The number of nitrogens with zero attached hydrogens (tertiary/aromatic N) is 2. The molecule has 1 atom stereocenters. The Hall–Kier alpha value is -2.14. The quantitative estimate of drug-likeness (QED) is 0.800. The van der Waals surface area contributed by atoms with Crippen LogP contribution in [0, 0.1) is 13.8 Å². The van der Waals surface area contributed by atoms with Gasteiger partial charge in [0.15, 0.2) is 0 Å². The molecule has 1 amide bonds. The molecule has 0 unspecified atom stereocenters. The molecule has 5 rings (SSSR count). The Morgan fingerprint density at radius 3 is 2.67 bits per heavy atom. The van der Waals surface area contributed by atoms with E-state index in [1.54, 1.807) is 0 Å². The average Bonchev–Trinajstić information content (AvgIpc) is 3.19.